The second kappa shape index (κ2) is 5.62. The summed E-state index contributed by atoms with van der Waals surface area (Å²) in [5, 5.41) is 21.5. The number of hydrogen-bond acceptors (Lipinski definition) is 4. The predicted molar refractivity (Wildman–Crippen MR) is 59.7 cm³/mol. The molecule has 0 aliphatic carbocycles. The molecule has 6 heteroatoms. The SMILES string of the molecule is CCc1ccsc1C(=O)N[C@@H](CO)C(=O)O. The average Bonchev–Trinajstić information content (AvgIpc) is 2.72. The zero-order valence-corrected chi connectivity index (χ0v) is 9.58. The number of carboxylic acid groups (broad SMARTS) is 1. The molecule has 1 atom stereocenters. The zero-order chi connectivity index (χ0) is 12.1. The Labute approximate surface area is 96.7 Å². The number of rotatable bonds is 5. The lowest BCUT2D eigenvalue weighted by Crippen LogP contribution is -2.43. The Bertz CT molecular complexity index is 388. The summed E-state index contributed by atoms with van der Waals surface area (Å²) in [6.07, 6.45) is 0.711. The average molecular weight is 243 g/mol. The molecule has 1 amide bonds. The van der Waals surface area contributed by atoms with Crippen molar-refractivity contribution in [1.29, 1.82) is 0 Å². The fourth-order valence-corrected chi connectivity index (χ4v) is 2.12. The molecule has 1 aromatic heterocycles. The van der Waals surface area contributed by atoms with Gasteiger partial charge in [-0.3, -0.25) is 4.79 Å². The lowest BCUT2D eigenvalue weighted by molar-refractivity contribution is -0.140. The van der Waals surface area contributed by atoms with Gasteiger partial charge in [-0.2, -0.15) is 0 Å². The van der Waals surface area contributed by atoms with Crippen LogP contribution in [0.4, 0.5) is 0 Å². The molecule has 88 valence electrons. The predicted octanol–water partition coefficient (Wildman–Crippen LogP) is 0.486. The van der Waals surface area contributed by atoms with Gasteiger partial charge < -0.3 is 15.5 Å². The van der Waals surface area contributed by atoms with Crippen molar-refractivity contribution < 1.29 is 19.8 Å². The van der Waals surface area contributed by atoms with Gasteiger partial charge in [0.1, 0.15) is 0 Å². The first-order valence-corrected chi connectivity index (χ1v) is 5.69. The molecule has 0 radical (unpaired) electrons. The third-order valence-electron chi connectivity index (χ3n) is 2.12. The molecule has 0 aliphatic heterocycles. The van der Waals surface area contributed by atoms with Crippen LogP contribution in [0.5, 0.6) is 0 Å². The molecule has 3 N–H and O–H groups in total. The van der Waals surface area contributed by atoms with Gasteiger partial charge in [0.05, 0.1) is 11.5 Å². The van der Waals surface area contributed by atoms with Crippen LogP contribution in [0.2, 0.25) is 0 Å². The minimum Gasteiger partial charge on any atom is -0.480 e. The summed E-state index contributed by atoms with van der Waals surface area (Å²) in [7, 11) is 0. The molecule has 0 aliphatic rings. The summed E-state index contributed by atoms with van der Waals surface area (Å²) < 4.78 is 0. The minimum absolute atomic E-state index is 0.451. The first kappa shape index (κ1) is 12.7. The Morgan fingerprint density at radius 1 is 1.56 bits per heavy atom. The van der Waals surface area contributed by atoms with Crippen LogP contribution >= 0.6 is 11.3 Å². The molecule has 0 spiro atoms. The van der Waals surface area contributed by atoms with Gasteiger partial charge in [-0.15, -0.1) is 11.3 Å². The molecule has 1 rings (SSSR count). The molecule has 5 nitrogen and oxygen atoms in total. The number of amides is 1. The van der Waals surface area contributed by atoms with E-state index in [1.807, 2.05) is 13.0 Å². The van der Waals surface area contributed by atoms with E-state index in [9.17, 15) is 9.59 Å². The number of aliphatic carboxylic acids is 1. The van der Waals surface area contributed by atoms with Crippen molar-refractivity contribution in [2.75, 3.05) is 6.61 Å². The molecule has 1 heterocycles. The van der Waals surface area contributed by atoms with E-state index < -0.39 is 24.5 Å². The number of aliphatic hydroxyl groups is 1. The highest BCUT2D eigenvalue weighted by atomic mass is 32.1. The highest BCUT2D eigenvalue weighted by molar-refractivity contribution is 7.12. The van der Waals surface area contributed by atoms with Crippen LogP contribution in [0.25, 0.3) is 0 Å². The fourth-order valence-electron chi connectivity index (χ4n) is 1.22. The monoisotopic (exact) mass is 243 g/mol. The van der Waals surface area contributed by atoms with Crippen LogP contribution in [0.1, 0.15) is 22.2 Å². The van der Waals surface area contributed by atoms with Gasteiger partial charge in [-0.1, -0.05) is 6.92 Å². The summed E-state index contributed by atoms with van der Waals surface area (Å²) in [5.74, 6) is -1.70. The highest BCUT2D eigenvalue weighted by Gasteiger charge is 2.21. The summed E-state index contributed by atoms with van der Waals surface area (Å²) in [4.78, 5) is 22.8. The smallest absolute Gasteiger partial charge is 0.328 e. The van der Waals surface area contributed by atoms with E-state index in [2.05, 4.69) is 5.32 Å². The summed E-state index contributed by atoms with van der Waals surface area (Å²) >= 11 is 1.26. The molecule has 1 aromatic rings. The third-order valence-corrected chi connectivity index (χ3v) is 3.08. The van der Waals surface area contributed by atoms with Crippen LogP contribution in [-0.2, 0) is 11.2 Å². The Morgan fingerprint density at radius 2 is 2.25 bits per heavy atom. The number of carbonyl (C=O) groups is 2. The second-order valence-corrected chi connectivity index (χ2v) is 4.09. The van der Waals surface area contributed by atoms with Crippen LogP contribution < -0.4 is 5.32 Å². The summed E-state index contributed by atoms with van der Waals surface area (Å²) in [6.45, 7) is 1.30. The van der Waals surface area contributed by atoms with Gasteiger partial charge >= 0.3 is 5.97 Å². The van der Waals surface area contributed by atoms with Crippen molar-refractivity contribution in [3.63, 3.8) is 0 Å². The molecule has 0 fully saturated rings. The molecule has 16 heavy (non-hydrogen) atoms. The summed E-state index contributed by atoms with van der Waals surface area (Å²) in [5.41, 5.74) is 0.879. The molecular weight excluding hydrogens is 230 g/mol. The number of aryl methyl sites for hydroxylation is 1. The fraction of sp³-hybridized carbons (Fsp3) is 0.400. The lowest BCUT2D eigenvalue weighted by Gasteiger charge is -2.11. The van der Waals surface area contributed by atoms with Gasteiger partial charge in [0.2, 0.25) is 0 Å². The van der Waals surface area contributed by atoms with E-state index in [4.69, 9.17) is 10.2 Å². The van der Waals surface area contributed by atoms with E-state index in [-0.39, 0.29) is 0 Å². The molecule has 0 bridgehead atoms. The third kappa shape index (κ3) is 2.80. The molecule has 0 unspecified atom stereocenters. The van der Waals surface area contributed by atoms with Gasteiger partial charge in [0.15, 0.2) is 6.04 Å². The molecule has 0 saturated carbocycles. The van der Waals surface area contributed by atoms with Crippen molar-refractivity contribution in [2.45, 2.75) is 19.4 Å². The van der Waals surface area contributed by atoms with Crippen molar-refractivity contribution in [3.8, 4) is 0 Å². The maximum atomic E-state index is 11.7. The summed E-state index contributed by atoms with van der Waals surface area (Å²) in [6, 6.07) is 0.577. The normalized spacial score (nSPS) is 12.1. The number of carbonyl (C=O) groups excluding carboxylic acids is 1. The lowest BCUT2D eigenvalue weighted by atomic mass is 10.2. The largest absolute Gasteiger partial charge is 0.480 e. The van der Waals surface area contributed by atoms with E-state index >= 15 is 0 Å². The van der Waals surface area contributed by atoms with Crippen LogP contribution in [0, 0.1) is 0 Å². The van der Waals surface area contributed by atoms with E-state index in [0.29, 0.717) is 11.3 Å². The first-order chi connectivity index (χ1) is 7.60. The molecule has 0 saturated heterocycles. The second-order valence-electron chi connectivity index (χ2n) is 3.18. The van der Waals surface area contributed by atoms with E-state index in [1.54, 1.807) is 5.38 Å². The van der Waals surface area contributed by atoms with Crippen LogP contribution in [-0.4, -0.2) is 34.7 Å². The Morgan fingerprint density at radius 3 is 2.75 bits per heavy atom. The maximum absolute atomic E-state index is 11.7. The van der Waals surface area contributed by atoms with Crippen molar-refractivity contribution >= 4 is 23.2 Å². The topological polar surface area (TPSA) is 86.6 Å². The Hall–Kier alpha value is -1.40. The number of carboxylic acids is 1. The van der Waals surface area contributed by atoms with E-state index in [0.717, 1.165) is 5.56 Å². The number of aliphatic hydroxyl groups excluding tert-OH is 1. The molecule has 0 aromatic carbocycles. The molecular formula is C10H13NO4S. The van der Waals surface area contributed by atoms with Gasteiger partial charge in [-0.05, 0) is 23.4 Å². The van der Waals surface area contributed by atoms with Crippen molar-refractivity contribution in [1.82, 2.24) is 5.32 Å². The first-order valence-electron chi connectivity index (χ1n) is 4.81. The number of thiophene rings is 1. The van der Waals surface area contributed by atoms with Gasteiger partial charge in [0.25, 0.3) is 5.91 Å². The standard InChI is InChI=1S/C10H13NO4S/c1-2-6-3-4-16-8(6)9(13)11-7(5-12)10(14)15/h3-4,7,12H,2,5H2,1H3,(H,11,13)(H,14,15)/t7-/m0/s1. The van der Waals surface area contributed by atoms with Crippen LogP contribution in [0.15, 0.2) is 11.4 Å². The van der Waals surface area contributed by atoms with E-state index in [1.165, 1.54) is 11.3 Å². The van der Waals surface area contributed by atoms with Gasteiger partial charge in [0, 0.05) is 0 Å². The number of hydrogen-bond donors (Lipinski definition) is 3. The van der Waals surface area contributed by atoms with Crippen molar-refractivity contribution in [2.24, 2.45) is 0 Å². The Balaban J connectivity index is 2.75. The van der Waals surface area contributed by atoms with Crippen LogP contribution in [0.3, 0.4) is 0 Å². The highest BCUT2D eigenvalue weighted by Crippen LogP contribution is 2.17. The zero-order valence-electron chi connectivity index (χ0n) is 8.77. The number of nitrogens with one attached hydrogen (secondary N) is 1. The maximum Gasteiger partial charge on any atom is 0.328 e. The quantitative estimate of drug-likeness (QED) is 0.702. The Kier molecular flexibility index (Phi) is 4.45. The van der Waals surface area contributed by atoms with Gasteiger partial charge in [-0.25, -0.2) is 4.79 Å². The minimum atomic E-state index is -1.25. The van der Waals surface area contributed by atoms with Crippen molar-refractivity contribution in [3.05, 3.63) is 21.9 Å².